The maximum Gasteiger partial charge on any atom is 0.251 e. The molecule has 1 aromatic rings. The minimum absolute atomic E-state index is 0.0457. The Morgan fingerprint density at radius 3 is 3.04 bits per heavy atom. The zero-order valence-electron chi connectivity index (χ0n) is 16.6. The Balaban J connectivity index is 1.77. The number of amides is 1. The lowest BCUT2D eigenvalue weighted by Crippen LogP contribution is -2.39. The van der Waals surface area contributed by atoms with Crippen LogP contribution < -0.4 is 16.5 Å². The summed E-state index contributed by atoms with van der Waals surface area (Å²) in [5.74, 6) is 0.357. The third-order valence-corrected chi connectivity index (χ3v) is 5.49. The first-order valence-electron chi connectivity index (χ1n) is 9.74. The summed E-state index contributed by atoms with van der Waals surface area (Å²) >= 11 is 0. The minimum Gasteiger partial charge on any atom is -0.398 e. The number of nitrogens with one attached hydrogen (secondary N) is 2. The number of nitrogens with zero attached hydrogens (tertiary/aromatic N) is 2. The van der Waals surface area contributed by atoms with Crippen molar-refractivity contribution < 1.29 is 4.79 Å². The van der Waals surface area contributed by atoms with Crippen LogP contribution in [-0.2, 0) is 0 Å². The molecule has 0 saturated carbocycles. The van der Waals surface area contributed by atoms with Crippen LogP contribution in [-0.4, -0.2) is 49.7 Å². The van der Waals surface area contributed by atoms with Gasteiger partial charge in [0, 0.05) is 35.5 Å². The standard InChI is InChI=1S/C21H31N5O/c1-21-13-16(6-4-7-17(21)14-24-25-21)18-12-15(8-9-19(18)22)20(27)23-10-5-11-26(2)3/h8-9,12-14,17,25H,4-7,10-11,22H2,1-3H3,(H,23,27). The van der Waals surface area contributed by atoms with Gasteiger partial charge in [-0.05, 0) is 77.0 Å². The molecule has 2 aliphatic rings. The average Bonchev–Trinajstić information content (AvgIpc) is 2.90. The number of anilines is 1. The highest BCUT2D eigenvalue weighted by Gasteiger charge is 2.36. The van der Waals surface area contributed by atoms with Crippen LogP contribution in [0.3, 0.4) is 0 Å². The van der Waals surface area contributed by atoms with Gasteiger partial charge in [-0.2, -0.15) is 5.10 Å². The van der Waals surface area contributed by atoms with E-state index in [9.17, 15) is 4.79 Å². The van der Waals surface area contributed by atoms with Crippen molar-refractivity contribution in [3.8, 4) is 0 Å². The van der Waals surface area contributed by atoms with E-state index >= 15 is 0 Å². The summed E-state index contributed by atoms with van der Waals surface area (Å²) in [6.07, 6.45) is 8.33. The predicted molar refractivity (Wildman–Crippen MR) is 112 cm³/mol. The Morgan fingerprint density at radius 1 is 1.44 bits per heavy atom. The molecule has 1 heterocycles. The Labute approximate surface area is 161 Å². The molecular weight excluding hydrogens is 338 g/mol. The number of benzene rings is 1. The summed E-state index contributed by atoms with van der Waals surface area (Å²) in [6.45, 7) is 3.79. The maximum absolute atomic E-state index is 12.5. The van der Waals surface area contributed by atoms with Crippen LogP contribution in [0.5, 0.6) is 0 Å². The quantitative estimate of drug-likeness (QED) is 0.531. The molecule has 1 aromatic carbocycles. The molecule has 0 saturated heterocycles. The van der Waals surface area contributed by atoms with Crippen molar-refractivity contribution in [3.05, 3.63) is 35.4 Å². The van der Waals surface area contributed by atoms with Crippen molar-refractivity contribution in [2.75, 3.05) is 32.9 Å². The number of hydrogen-bond donors (Lipinski definition) is 3. The van der Waals surface area contributed by atoms with E-state index in [0.29, 0.717) is 23.7 Å². The number of fused-ring (bicyclic) bond motifs is 1. The van der Waals surface area contributed by atoms with E-state index in [1.165, 1.54) is 5.57 Å². The first kappa shape index (κ1) is 19.4. The molecule has 3 rings (SSSR count). The van der Waals surface area contributed by atoms with Crippen LogP contribution in [0.1, 0.15) is 48.5 Å². The zero-order valence-corrected chi connectivity index (χ0v) is 16.6. The molecule has 0 spiro atoms. The van der Waals surface area contributed by atoms with Gasteiger partial charge in [-0.25, -0.2) is 0 Å². The second kappa shape index (κ2) is 8.13. The monoisotopic (exact) mass is 369 g/mol. The van der Waals surface area contributed by atoms with Crippen molar-refractivity contribution in [2.45, 2.75) is 38.1 Å². The highest BCUT2D eigenvalue weighted by molar-refractivity contribution is 5.96. The number of nitrogens with two attached hydrogens (primary N) is 1. The van der Waals surface area contributed by atoms with Crippen molar-refractivity contribution in [1.82, 2.24) is 15.6 Å². The van der Waals surface area contributed by atoms with Crippen LogP contribution in [0.15, 0.2) is 29.4 Å². The first-order valence-corrected chi connectivity index (χ1v) is 9.74. The number of rotatable bonds is 6. The van der Waals surface area contributed by atoms with E-state index in [4.69, 9.17) is 5.73 Å². The van der Waals surface area contributed by atoms with Crippen molar-refractivity contribution >= 4 is 23.4 Å². The fourth-order valence-electron chi connectivity index (χ4n) is 3.85. The topological polar surface area (TPSA) is 82.8 Å². The number of hydrogen-bond acceptors (Lipinski definition) is 5. The lowest BCUT2D eigenvalue weighted by atomic mass is 9.85. The van der Waals surface area contributed by atoms with E-state index < -0.39 is 0 Å². The van der Waals surface area contributed by atoms with Gasteiger partial charge in [-0.3, -0.25) is 4.79 Å². The third kappa shape index (κ3) is 4.50. The molecule has 6 nitrogen and oxygen atoms in total. The SMILES string of the molecule is CN(C)CCCNC(=O)c1ccc(N)c(C2=CC3(C)NN=CC3CCC2)c1. The molecule has 1 amide bonds. The largest absolute Gasteiger partial charge is 0.398 e. The van der Waals surface area contributed by atoms with Gasteiger partial charge < -0.3 is 21.4 Å². The van der Waals surface area contributed by atoms with Crippen molar-refractivity contribution in [1.29, 1.82) is 0 Å². The van der Waals surface area contributed by atoms with E-state index in [1.54, 1.807) is 6.07 Å². The molecule has 2 unspecified atom stereocenters. The van der Waals surface area contributed by atoms with Gasteiger partial charge in [-0.1, -0.05) is 6.08 Å². The predicted octanol–water partition coefficient (Wildman–Crippen LogP) is 2.48. The Hall–Kier alpha value is -2.34. The zero-order chi connectivity index (χ0) is 19.4. The molecule has 0 radical (unpaired) electrons. The number of hydrazone groups is 1. The summed E-state index contributed by atoms with van der Waals surface area (Å²) < 4.78 is 0. The number of allylic oxidation sites excluding steroid dienone is 1. The Morgan fingerprint density at radius 2 is 2.26 bits per heavy atom. The van der Waals surface area contributed by atoms with Crippen LogP contribution in [0, 0.1) is 5.92 Å². The Bertz CT molecular complexity index is 755. The normalized spacial score (nSPS) is 24.1. The van der Waals surface area contributed by atoms with Gasteiger partial charge in [0.25, 0.3) is 5.91 Å². The first-order chi connectivity index (χ1) is 12.9. The van der Waals surface area contributed by atoms with E-state index in [2.05, 4.69) is 33.7 Å². The third-order valence-electron chi connectivity index (χ3n) is 5.49. The van der Waals surface area contributed by atoms with Gasteiger partial charge in [-0.15, -0.1) is 0 Å². The lowest BCUT2D eigenvalue weighted by Gasteiger charge is -2.26. The number of nitrogen functional groups attached to an aromatic ring is 1. The van der Waals surface area contributed by atoms with Gasteiger partial charge in [0.15, 0.2) is 0 Å². The van der Waals surface area contributed by atoms with E-state index in [-0.39, 0.29) is 11.4 Å². The van der Waals surface area contributed by atoms with Crippen molar-refractivity contribution in [2.24, 2.45) is 11.0 Å². The molecule has 1 aliphatic carbocycles. The highest BCUT2D eigenvalue weighted by Crippen LogP contribution is 2.37. The molecule has 27 heavy (non-hydrogen) atoms. The van der Waals surface area contributed by atoms with Gasteiger partial charge in [0.2, 0.25) is 0 Å². The summed E-state index contributed by atoms with van der Waals surface area (Å²) in [7, 11) is 4.06. The molecule has 6 heteroatoms. The van der Waals surface area contributed by atoms with Crippen molar-refractivity contribution in [3.63, 3.8) is 0 Å². The second-order valence-electron chi connectivity index (χ2n) is 8.06. The average molecular weight is 370 g/mol. The smallest absolute Gasteiger partial charge is 0.251 e. The fourth-order valence-corrected chi connectivity index (χ4v) is 3.85. The Kier molecular flexibility index (Phi) is 5.85. The highest BCUT2D eigenvalue weighted by atomic mass is 16.1. The lowest BCUT2D eigenvalue weighted by molar-refractivity contribution is 0.0952. The molecule has 0 bridgehead atoms. The molecule has 0 aromatic heterocycles. The number of carbonyl (C=O) groups is 1. The minimum atomic E-state index is -0.178. The van der Waals surface area contributed by atoms with Gasteiger partial charge in [0.1, 0.15) is 0 Å². The summed E-state index contributed by atoms with van der Waals surface area (Å²) in [5.41, 5.74) is 12.9. The molecule has 4 N–H and O–H groups in total. The van der Waals surface area contributed by atoms with Crippen LogP contribution in [0.4, 0.5) is 5.69 Å². The molecular formula is C21H31N5O. The second-order valence-corrected chi connectivity index (χ2v) is 8.06. The number of carbonyl (C=O) groups excluding carboxylic acids is 1. The molecule has 1 aliphatic heterocycles. The maximum atomic E-state index is 12.5. The summed E-state index contributed by atoms with van der Waals surface area (Å²) in [6, 6.07) is 5.58. The molecule has 146 valence electrons. The van der Waals surface area contributed by atoms with E-state index in [0.717, 1.165) is 37.8 Å². The van der Waals surface area contributed by atoms with Gasteiger partial charge >= 0.3 is 0 Å². The van der Waals surface area contributed by atoms with Crippen LogP contribution in [0.2, 0.25) is 0 Å². The summed E-state index contributed by atoms with van der Waals surface area (Å²) in [4.78, 5) is 14.6. The fraction of sp³-hybridized carbons (Fsp3) is 0.524. The van der Waals surface area contributed by atoms with Crippen LogP contribution >= 0.6 is 0 Å². The van der Waals surface area contributed by atoms with Gasteiger partial charge in [0.05, 0.1) is 5.54 Å². The van der Waals surface area contributed by atoms with E-state index in [1.807, 2.05) is 32.4 Å². The van der Waals surface area contributed by atoms with Crippen LogP contribution in [0.25, 0.3) is 5.57 Å². The molecule has 2 atom stereocenters. The summed E-state index contributed by atoms with van der Waals surface area (Å²) in [5, 5.41) is 7.28. The molecule has 0 fully saturated rings.